The van der Waals surface area contributed by atoms with Crippen LogP contribution in [-0.2, 0) is 4.79 Å². The summed E-state index contributed by atoms with van der Waals surface area (Å²) in [6, 6.07) is -0.634. The molecule has 4 N–H and O–H groups in total. The fraction of sp³-hybridized carbons (Fsp3) is 0.400. The Hall–Kier alpha value is -2.18. The molecule has 0 aliphatic heterocycles. The summed E-state index contributed by atoms with van der Waals surface area (Å²) in [4.78, 5) is 30.6. The average molecular weight is 237 g/mol. The molecule has 1 aromatic rings. The Morgan fingerprint density at radius 2 is 2.18 bits per heavy atom. The van der Waals surface area contributed by atoms with Gasteiger partial charge in [-0.25, -0.2) is 4.98 Å². The third kappa shape index (κ3) is 3.71. The molecule has 0 fully saturated rings. The molecule has 1 rings (SSSR count). The highest BCUT2D eigenvalue weighted by atomic mass is 16.2. The minimum atomic E-state index is -0.634. The summed E-state index contributed by atoms with van der Waals surface area (Å²) in [6.07, 6.45) is 2.63. The van der Waals surface area contributed by atoms with Gasteiger partial charge < -0.3 is 16.4 Å². The molecule has 7 heteroatoms. The number of nitrogen functional groups attached to an aromatic ring is 1. The molecular weight excluding hydrogens is 222 g/mol. The van der Waals surface area contributed by atoms with Crippen LogP contribution in [0, 0.1) is 0 Å². The van der Waals surface area contributed by atoms with E-state index in [9.17, 15) is 9.59 Å². The summed E-state index contributed by atoms with van der Waals surface area (Å²) in [6.45, 7) is 3.90. The zero-order chi connectivity index (χ0) is 12.8. The van der Waals surface area contributed by atoms with Crippen LogP contribution >= 0.6 is 0 Å². The van der Waals surface area contributed by atoms with E-state index in [1.54, 1.807) is 13.8 Å². The number of nitrogens with one attached hydrogen (secondary N) is 2. The summed E-state index contributed by atoms with van der Waals surface area (Å²) in [5, 5.41) is 5.10. The Balaban J connectivity index is 2.63. The van der Waals surface area contributed by atoms with E-state index in [1.165, 1.54) is 12.4 Å². The highest BCUT2D eigenvalue weighted by Crippen LogP contribution is 1.97. The highest BCUT2D eigenvalue weighted by molar-refractivity contribution is 5.95. The average Bonchev–Trinajstić information content (AvgIpc) is 2.29. The Morgan fingerprint density at radius 3 is 2.76 bits per heavy atom. The summed E-state index contributed by atoms with van der Waals surface area (Å²) >= 11 is 0. The SMILES string of the molecule is CCNC(=O)C(C)NC(=O)c1cncc(N)n1. The second-order valence-corrected chi connectivity index (χ2v) is 3.42. The number of rotatable bonds is 4. The van der Waals surface area contributed by atoms with Gasteiger partial charge in [0.1, 0.15) is 17.6 Å². The number of nitrogens with zero attached hydrogens (tertiary/aromatic N) is 2. The zero-order valence-electron chi connectivity index (χ0n) is 9.73. The van der Waals surface area contributed by atoms with Gasteiger partial charge in [-0.15, -0.1) is 0 Å². The molecule has 2 amide bonds. The van der Waals surface area contributed by atoms with Gasteiger partial charge in [0.05, 0.1) is 12.4 Å². The van der Waals surface area contributed by atoms with E-state index in [-0.39, 0.29) is 17.4 Å². The molecule has 0 bridgehead atoms. The fourth-order valence-corrected chi connectivity index (χ4v) is 1.15. The van der Waals surface area contributed by atoms with Crippen LogP contribution in [0.2, 0.25) is 0 Å². The summed E-state index contributed by atoms with van der Waals surface area (Å²) in [5.41, 5.74) is 5.49. The Labute approximate surface area is 98.8 Å². The maximum Gasteiger partial charge on any atom is 0.272 e. The molecule has 0 aliphatic rings. The second-order valence-electron chi connectivity index (χ2n) is 3.42. The van der Waals surface area contributed by atoms with Crippen LogP contribution < -0.4 is 16.4 Å². The minimum Gasteiger partial charge on any atom is -0.382 e. The quantitative estimate of drug-likeness (QED) is 0.642. The van der Waals surface area contributed by atoms with Gasteiger partial charge in [0, 0.05) is 6.54 Å². The van der Waals surface area contributed by atoms with Crippen molar-refractivity contribution in [2.45, 2.75) is 19.9 Å². The Morgan fingerprint density at radius 1 is 1.47 bits per heavy atom. The van der Waals surface area contributed by atoms with E-state index in [4.69, 9.17) is 5.73 Å². The summed E-state index contributed by atoms with van der Waals surface area (Å²) in [5.74, 6) is -0.579. The predicted molar refractivity (Wildman–Crippen MR) is 62.1 cm³/mol. The van der Waals surface area contributed by atoms with Crippen LogP contribution in [0.1, 0.15) is 24.3 Å². The molecule has 1 aromatic heterocycles. The van der Waals surface area contributed by atoms with E-state index in [0.29, 0.717) is 6.54 Å². The fourth-order valence-electron chi connectivity index (χ4n) is 1.15. The number of anilines is 1. The van der Waals surface area contributed by atoms with Crippen LogP contribution in [0.15, 0.2) is 12.4 Å². The van der Waals surface area contributed by atoms with Crippen molar-refractivity contribution >= 4 is 17.6 Å². The number of aromatic nitrogens is 2. The van der Waals surface area contributed by atoms with Gasteiger partial charge in [-0.2, -0.15) is 0 Å². The van der Waals surface area contributed by atoms with Gasteiger partial charge in [0.25, 0.3) is 5.91 Å². The molecule has 1 unspecified atom stereocenters. The van der Waals surface area contributed by atoms with Crippen molar-refractivity contribution in [2.24, 2.45) is 0 Å². The van der Waals surface area contributed by atoms with E-state index in [2.05, 4.69) is 20.6 Å². The van der Waals surface area contributed by atoms with Crippen molar-refractivity contribution in [2.75, 3.05) is 12.3 Å². The molecular formula is C10H15N5O2. The number of hydrogen-bond acceptors (Lipinski definition) is 5. The van der Waals surface area contributed by atoms with Crippen LogP contribution in [0.5, 0.6) is 0 Å². The van der Waals surface area contributed by atoms with Gasteiger partial charge in [-0.05, 0) is 13.8 Å². The highest BCUT2D eigenvalue weighted by Gasteiger charge is 2.16. The Kier molecular flexibility index (Phi) is 4.38. The maximum atomic E-state index is 11.7. The van der Waals surface area contributed by atoms with Crippen molar-refractivity contribution in [1.29, 1.82) is 0 Å². The smallest absolute Gasteiger partial charge is 0.272 e. The molecule has 0 saturated carbocycles. The molecule has 92 valence electrons. The lowest BCUT2D eigenvalue weighted by molar-refractivity contribution is -0.122. The third-order valence-electron chi connectivity index (χ3n) is 1.98. The van der Waals surface area contributed by atoms with Crippen molar-refractivity contribution in [1.82, 2.24) is 20.6 Å². The Bertz CT molecular complexity index is 421. The second kappa shape index (κ2) is 5.78. The number of nitrogens with two attached hydrogens (primary N) is 1. The van der Waals surface area contributed by atoms with Gasteiger partial charge in [0.15, 0.2) is 0 Å². The molecule has 17 heavy (non-hydrogen) atoms. The molecule has 0 spiro atoms. The number of hydrogen-bond donors (Lipinski definition) is 3. The van der Waals surface area contributed by atoms with Crippen molar-refractivity contribution in [3.8, 4) is 0 Å². The first kappa shape index (κ1) is 12.9. The standard InChI is InChI=1S/C10H15N5O2/c1-3-13-9(16)6(2)14-10(17)7-4-12-5-8(11)15-7/h4-6H,3H2,1-2H3,(H2,11,15)(H,13,16)(H,14,17). The van der Waals surface area contributed by atoms with E-state index in [0.717, 1.165) is 0 Å². The third-order valence-corrected chi connectivity index (χ3v) is 1.98. The monoisotopic (exact) mass is 237 g/mol. The molecule has 7 nitrogen and oxygen atoms in total. The van der Waals surface area contributed by atoms with Gasteiger partial charge in [0.2, 0.25) is 5.91 Å². The molecule has 0 aliphatic carbocycles. The van der Waals surface area contributed by atoms with Crippen molar-refractivity contribution < 1.29 is 9.59 Å². The van der Waals surface area contributed by atoms with Crippen LogP contribution in [-0.4, -0.2) is 34.4 Å². The van der Waals surface area contributed by atoms with Crippen molar-refractivity contribution in [3.63, 3.8) is 0 Å². The van der Waals surface area contributed by atoms with Gasteiger partial charge >= 0.3 is 0 Å². The van der Waals surface area contributed by atoms with Crippen LogP contribution in [0.25, 0.3) is 0 Å². The number of carbonyl (C=O) groups is 2. The largest absolute Gasteiger partial charge is 0.382 e. The molecule has 0 radical (unpaired) electrons. The number of amides is 2. The zero-order valence-corrected chi connectivity index (χ0v) is 9.73. The number of carbonyl (C=O) groups excluding carboxylic acids is 2. The van der Waals surface area contributed by atoms with Gasteiger partial charge in [-0.3, -0.25) is 14.6 Å². The minimum absolute atomic E-state index is 0.0844. The first-order chi connectivity index (χ1) is 8.04. The normalized spacial score (nSPS) is 11.6. The molecule has 1 atom stereocenters. The predicted octanol–water partition coefficient (Wildman–Crippen LogP) is -0.687. The topological polar surface area (TPSA) is 110 Å². The van der Waals surface area contributed by atoms with E-state index in [1.807, 2.05) is 0 Å². The summed E-state index contributed by atoms with van der Waals surface area (Å²) < 4.78 is 0. The lowest BCUT2D eigenvalue weighted by atomic mass is 10.3. The lowest BCUT2D eigenvalue weighted by Gasteiger charge is -2.12. The van der Waals surface area contributed by atoms with Crippen LogP contribution in [0.4, 0.5) is 5.82 Å². The first-order valence-corrected chi connectivity index (χ1v) is 5.20. The van der Waals surface area contributed by atoms with Crippen molar-refractivity contribution in [3.05, 3.63) is 18.1 Å². The maximum absolute atomic E-state index is 11.7. The number of likely N-dealkylation sites (N-methyl/N-ethyl adjacent to an activating group) is 1. The van der Waals surface area contributed by atoms with E-state index < -0.39 is 11.9 Å². The summed E-state index contributed by atoms with van der Waals surface area (Å²) in [7, 11) is 0. The first-order valence-electron chi connectivity index (χ1n) is 5.20. The lowest BCUT2D eigenvalue weighted by Crippen LogP contribution is -2.44. The molecule has 0 saturated heterocycles. The molecule has 0 aromatic carbocycles. The van der Waals surface area contributed by atoms with Crippen LogP contribution in [0.3, 0.4) is 0 Å². The van der Waals surface area contributed by atoms with E-state index >= 15 is 0 Å². The molecule has 1 heterocycles. The van der Waals surface area contributed by atoms with Gasteiger partial charge in [-0.1, -0.05) is 0 Å².